The van der Waals surface area contributed by atoms with Crippen LogP contribution >= 0.6 is 0 Å². The zero-order valence-corrected chi connectivity index (χ0v) is 29.3. The molecule has 0 atom stereocenters. The Hall–Kier alpha value is -6.90. The van der Waals surface area contributed by atoms with Gasteiger partial charge >= 0.3 is 0 Å². The van der Waals surface area contributed by atoms with Gasteiger partial charge in [0.25, 0.3) is 0 Å². The SMILES string of the molecule is Cc1c(-c2cccc(-c3ccc(-c4ccc(N(c5cccc6ccccc56)c5cc6ccccc6c6ccccc56)cc4)cc3)c2)oc2ccccc12. The van der Waals surface area contributed by atoms with Crippen LogP contribution in [0.4, 0.5) is 17.1 Å². The van der Waals surface area contributed by atoms with E-state index in [2.05, 4.69) is 194 Å². The van der Waals surface area contributed by atoms with E-state index in [0.29, 0.717) is 0 Å². The molecule has 250 valence electrons. The highest BCUT2D eigenvalue weighted by molar-refractivity contribution is 6.15. The quantitative estimate of drug-likeness (QED) is 0.163. The number of hydrogen-bond acceptors (Lipinski definition) is 2. The van der Waals surface area contributed by atoms with Gasteiger partial charge in [-0.05, 0) is 87.1 Å². The summed E-state index contributed by atoms with van der Waals surface area (Å²) < 4.78 is 6.29. The smallest absolute Gasteiger partial charge is 0.138 e. The van der Waals surface area contributed by atoms with Crippen LogP contribution < -0.4 is 4.90 Å². The summed E-state index contributed by atoms with van der Waals surface area (Å²) in [5, 5.41) is 8.55. The van der Waals surface area contributed by atoms with Crippen LogP contribution in [0.3, 0.4) is 0 Å². The van der Waals surface area contributed by atoms with E-state index in [4.69, 9.17) is 4.42 Å². The fourth-order valence-electron chi connectivity index (χ4n) is 7.98. The first-order valence-electron chi connectivity index (χ1n) is 18.2. The van der Waals surface area contributed by atoms with Crippen LogP contribution in [-0.2, 0) is 0 Å². The lowest BCUT2D eigenvalue weighted by Gasteiger charge is -2.29. The molecule has 0 amide bonds. The Labute approximate surface area is 308 Å². The number of fused-ring (bicyclic) bond motifs is 5. The third-order valence-corrected chi connectivity index (χ3v) is 10.6. The molecule has 53 heavy (non-hydrogen) atoms. The van der Waals surface area contributed by atoms with Crippen molar-refractivity contribution in [2.45, 2.75) is 6.92 Å². The second kappa shape index (κ2) is 12.7. The second-order valence-corrected chi connectivity index (χ2v) is 13.8. The van der Waals surface area contributed by atoms with Gasteiger partial charge < -0.3 is 9.32 Å². The van der Waals surface area contributed by atoms with Gasteiger partial charge in [0.15, 0.2) is 0 Å². The maximum absolute atomic E-state index is 6.29. The van der Waals surface area contributed by atoms with Crippen LogP contribution in [0, 0.1) is 6.92 Å². The minimum absolute atomic E-state index is 0.923. The number of benzene rings is 9. The third kappa shape index (κ3) is 5.35. The van der Waals surface area contributed by atoms with Gasteiger partial charge in [-0.2, -0.15) is 0 Å². The molecule has 2 heteroatoms. The molecule has 0 saturated heterocycles. The lowest BCUT2D eigenvalue weighted by Crippen LogP contribution is -2.11. The van der Waals surface area contributed by atoms with Gasteiger partial charge in [-0.3, -0.25) is 0 Å². The molecule has 0 aliphatic heterocycles. The van der Waals surface area contributed by atoms with Gasteiger partial charge in [-0.15, -0.1) is 0 Å². The van der Waals surface area contributed by atoms with Crippen molar-refractivity contribution < 1.29 is 4.42 Å². The summed E-state index contributed by atoms with van der Waals surface area (Å²) in [5.74, 6) is 0.930. The summed E-state index contributed by atoms with van der Waals surface area (Å²) >= 11 is 0. The molecule has 1 aromatic heterocycles. The summed E-state index contributed by atoms with van der Waals surface area (Å²) in [6, 6.07) is 69.9. The van der Waals surface area contributed by atoms with Gasteiger partial charge in [-0.1, -0.05) is 158 Å². The van der Waals surface area contributed by atoms with Gasteiger partial charge in [-0.25, -0.2) is 0 Å². The van der Waals surface area contributed by atoms with Crippen molar-refractivity contribution in [3.63, 3.8) is 0 Å². The Morgan fingerprint density at radius 1 is 0.358 bits per heavy atom. The second-order valence-electron chi connectivity index (χ2n) is 13.8. The van der Waals surface area contributed by atoms with Gasteiger partial charge in [0.05, 0.1) is 11.4 Å². The van der Waals surface area contributed by atoms with Gasteiger partial charge in [0.2, 0.25) is 0 Å². The molecule has 0 bridgehead atoms. The standard InChI is InChI=1S/C51H35NO/c1-34-43-17-8-9-23-50(43)53-51(34)41-16-10-15-39(32-41)37-26-24-35(25-27-37)36-28-30-42(31-29-36)52(48-22-11-14-38-12-2-5-19-45(38)48)49-33-40-13-3-4-18-44(40)46-20-6-7-21-47(46)49/h2-33H,1H3. The maximum Gasteiger partial charge on any atom is 0.138 e. The largest absolute Gasteiger partial charge is 0.456 e. The summed E-state index contributed by atoms with van der Waals surface area (Å²) in [4.78, 5) is 2.43. The third-order valence-electron chi connectivity index (χ3n) is 10.6. The zero-order chi connectivity index (χ0) is 35.3. The van der Waals surface area contributed by atoms with E-state index in [0.717, 1.165) is 44.9 Å². The average Bonchev–Trinajstić information content (AvgIpc) is 3.57. The molecular formula is C51H35NO. The Bertz CT molecular complexity index is 2950. The highest BCUT2D eigenvalue weighted by atomic mass is 16.3. The van der Waals surface area contributed by atoms with E-state index in [1.807, 2.05) is 12.1 Å². The Kier molecular flexibility index (Phi) is 7.40. The number of para-hydroxylation sites is 1. The fourth-order valence-corrected chi connectivity index (χ4v) is 7.98. The first kappa shape index (κ1) is 30.9. The van der Waals surface area contributed by atoms with Crippen LogP contribution in [0.15, 0.2) is 199 Å². The number of rotatable bonds is 6. The molecule has 0 saturated carbocycles. The minimum atomic E-state index is 0.923. The molecule has 0 fully saturated rings. The van der Waals surface area contributed by atoms with Crippen LogP contribution in [-0.4, -0.2) is 0 Å². The molecule has 1 heterocycles. The van der Waals surface area contributed by atoms with Crippen LogP contribution in [0.2, 0.25) is 0 Å². The first-order chi connectivity index (χ1) is 26.2. The molecule has 0 radical (unpaired) electrons. The van der Waals surface area contributed by atoms with Crippen molar-refractivity contribution in [1.82, 2.24) is 0 Å². The summed E-state index contributed by atoms with van der Waals surface area (Å²) in [5.41, 5.74) is 11.3. The summed E-state index contributed by atoms with van der Waals surface area (Å²) in [7, 11) is 0. The normalized spacial score (nSPS) is 11.5. The van der Waals surface area contributed by atoms with Crippen molar-refractivity contribution in [3.05, 3.63) is 200 Å². The molecule has 2 nitrogen and oxygen atoms in total. The molecule has 0 aliphatic carbocycles. The minimum Gasteiger partial charge on any atom is -0.456 e. The average molecular weight is 678 g/mol. The topological polar surface area (TPSA) is 16.4 Å². The van der Waals surface area contributed by atoms with Gasteiger partial charge in [0, 0.05) is 33.0 Å². The number of nitrogens with zero attached hydrogens (tertiary/aromatic N) is 1. The van der Waals surface area contributed by atoms with E-state index in [1.54, 1.807) is 0 Å². The Morgan fingerprint density at radius 2 is 0.906 bits per heavy atom. The Balaban J connectivity index is 1.03. The van der Waals surface area contributed by atoms with Crippen molar-refractivity contribution in [2.24, 2.45) is 0 Å². The number of aryl methyl sites for hydroxylation is 1. The van der Waals surface area contributed by atoms with E-state index in [9.17, 15) is 0 Å². The number of furan rings is 1. The highest BCUT2D eigenvalue weighted by Crippen LogP contribution is 2.44. The van der Waals surface area contributed by atoms with E-state index in [-0.39, 0.29) is 0 Å². The maximum atomic E-state index is 6.29. The monoisotopic (exact) mass is 677 g/mol. The van der Waals surface area contributed by atoms with Crippen molar-refractivity contribution in [1.29, 1.82) is 0 Å². The first-order valence-corrected chi connectivity index (χ1v) is 18.2. The molecule has 10 aromatic rings. The van der Waals surface area contributed by atoms with E-state index < -0.39 is 0 Å². The molecule has 10 rings (SSSR count). The van der Waals surface area contributed by atoms with Crippen LogP contribution in [0.1, 0.15) is 5.56 Å². The number of anilines is 3. The lowest BCUT2D eigenvalue weighted by atomic mass is 9.97. The lowest BCUT2D eigenvalue weighted by molar-refractivity contribution is 0.629. The van der Waals surface area contributed by atoms with Crippen molar-refractivity contribution >= 4 is 60.3 Å². The Morgan fingerprint density at radius 3 is 1.66 bits per heavy atom. The van der Waals surface area contributed by atoms with Crippen molar-refractivity contribution in [2.75, 3.05) is 4.90 Å². The predicted octanol–water partition coefficient (Wildman–Crippen LogP) is 14.7. The molecule has 0 unspecified atom stereocenters. The van der Waals surface area contributed by atoms with Crippen molar-refractivity contribution in [3.8, 4) is 33.6 Å². The van der Waals surface area contributed by atoms with E-state index in [1.165, 1.54) is 54.6 Å². The summed E-state index contributed by atoms with van der Waals surface area (Å²) in [6.45, 7) is 2.14. The molecule has 9 aromatic carbocycles. The van der Waals surface area contributed by atoms with Crippen LogP contribution in [0.5, 0.6) is 0 Å². The van der Waals surface area contributed by atoms with E-state index >= 15 is 0 Å². The molecular weight excluding hydrogens is 643 g/mol. The van der Waals surface area contributed by atoms with Crippen LogP contribution in [0.25, 0.3) is 76.9 Å². The molecule has 0 spiro atoms. The number of hydrogen-bond donors (Lipinski definition) is 0. The fraction of sp³-hybridized carbons (Fsp3) is 0.0196. The van der Waals surface area contributed by atoms with Gasteiger partial charge in [0.1, 0.15) is 11.3 Å². The highest BCUT2D eigenvalue weighted by Gasteiger charge is 2.19. The summed E-state index contributed by atoms with van der Waals surface area (Å²) in [6.07, 6.45) is 0. The molecule has 0 aliphatic rings. The molecule has 0 N–H and O–H groups in total. The zero-order valence-electron chi connectivity index (χ0n) is 29.3. The predicted molar refractivity (Wildman–Crippen MR) is 224 cm³/mol.